The highest BCUT2D eigenvalue weighted by Crippen LogP contribution is 2.24. The van der Waals surface area contributed by atoms with Gasteiger partial charge in [0.15, 0.2) is 0 Å². The number of nitrogens with two attached hydrogens (primary N) is 1. The SMILES string of the molecule is CC.CC(C(N)=O)C(C)(C)C.CCc1ccccc1. The fraction of sp³-hybridized carbons (Fsp3) is 0.588. The maximum Gasteiger partial charge on any atom is 0.220 e. The number of rotatable bonds is 2. The first-order chi connectivity index (χ1) is 8.79. The van der Waals surface area contributed by atoms with Crippen molar-refractivity contribution in [3.63, 3.8) is 0 Å². The minimum atomic E-state index is -0.220. The quantitative estimate of drug-likeness (QED) is 0.844. The molecule has 0 aliphatic rings. The van der Waals surface area contributed by atoms with Crippen LogP contribution in [0.25, 0.3) is 0 Å². The number of amides is 1. The molecular weight excluding hydrogens is 234 g/mol. The van der Waals surface area contributed by atoms with Crippen LogP contribution < -0.4 is 5.73 Å². The Hall–Kier alpha value is -1.31. The Kier molecular flexibility index (Phi) is 11.2. The van der Waals surface area contributed by atoms with Gasteiger partial charge in [-0.3, -0.25) is 4.79 Å². The van der Waals surface area contributed by atoms with Crippen LogP contribution >= 0.6 is 0 Å². The van der Waals surface area contributed by atoms with E-state index in [1.54, 1.807) is 0 Å². The molecule has 110 valence electrons. The van der Waals surface area contributed by atoms with Gasteiger partial charge < -0.3 is 5.73 Å². The molecule has 0 aliphatic heterocycles. The molecule has 0 aromatic heterocycles. The van der Waals surface area contributed by atoms with Gasteiger partial charge in [0.2, 0.25) is 5.91 Å². The van der Waals surface area contributed by atoms with Gasteiger partial charge in [0, 0.05) is 5.92 Å². The molecule has 1 aromatic carbocycles. The van der Waals surface area contributed by atoms with E-state index in [4.69, 9.17) is 5.73 Å². The van der Waals surface area contributed by atoms with Gasteiger partial charge in [-0.1, -0.05) is 78.8 Å². The molecule has 2 heteroatoms. The topological polar surface area (TPSA) is 43.1 Å². The van der Waals surface area contributed by atoms with Crippen molar-refractivity contribution in [3.8, 4) is 0 Å². The Morgan fingerprint density at radius 3 is 1.74 bits per heavy atom. The Bertz CT molecular complexity index is 325. The molecule has 0 saturated heterocycles. The first kappa shape index (κ1) is 20.0. The average molecular weight is 265 g/mol. The molecule has 0 saturated carbocycles. The maximum absolute atomic E-state index is 10.6. The van der Waals surface area contributed by atoms with Crippen molar-refractivity contribution in [1.29, 1.82) is 0 Å². The molecule has 1 amide bonds. The summed E-state index contributed by atoms with van der Waals surface area (Å²) in [6.07, 6.45) is 1.14. The monoisotopic (exact) mass is 265 g/mol. The Morgan fingerprint density at radius 2 is 1.58 bits per heavy atom. The minimum absolute atomic E-state index is 0.00579. The molecule has 1 aromatic rings. The second-order valence-corrected chi connectivity index (χ2v) is 5.33. The molecule has 0 spiro atoms. The van der Waals surface area contributed by atoms with Crippen LogP contribution in [0.15, 0.2) is 30.3 Å². The lowest BCUT2D eigenvalue weighted by Gasteiger charge is -2.23. The summed E-state index contributed by atoms with van der Waals surface area (Å²) < 4.78 is 0. The van der Waals surface area contributed by atoms with Crippen LogP contribution in [-0.2, 0) is 11.2 Å². The number of primary amides is 1. The molecule has 1 unspecified atom stereocenters. The van der Waals surface area contributed by atoms with Gasteiger partial charge in [-0.05, 0) is 17.4 Å². The smallest absolute Gasteiger partial charge is 0.220 e. The van der Waals surface area contributed by atoms with E-state index < -0.39 is 0 Å². The average Bonchev–Trinajstić information content (AvgIpc) is 2.40. The summed E-state index contributed by atoms with van der Waals surface area (Å²) in [5.74, 6) is -0.264. The van der Waals surface area contributed by atoms with Crippen molar-refractivity contribution in [2.24, 2.45) is 17.1 Å². The largest absolute Gasteiger partial charge is 0.369 e. The molecule has 0 radical (unpaired) electrons. The third kappa shape index (κ3) is 10.3. The lowest BCUT2D eigenvalue weighted by Crippen LogP contribution is -2.31. The Balaban J connectivity index is 0. The van der Waals surface area contributed by atoms with E-state index >= 15 is 0 Å². The van der Waals surface area contributed by atoms with E-state index in [1.165, 1.54) is 5.56 Å². The summed E-state index contributed by atoms with van der Waals surface area (Å²) in [5, 5.41) is 0. The van der Waals surface area contributed by atoms with Crippen LogP contribution in [-0.4, -0.2) is 5.91 Å². The number of carbonyl (C=O) groups excluding carboxylic acids is 1. The van der Waals surface area contributed by atoms with Gasteiger partial charge in [0.25, 0.3) is 0 Å². The second-order valence-electron chi connectivity index (χ2n) is 5.33. The van der Waals surface area contributed by atoms with E-state index in [-0.39, 0.29) is 17.2 Å². The van der Waals surface area contributed by atoms with Gasteiger partial charge in [-0.2, -0.15) is 0 Å². The number of hydrogen-bond donors (Lipinski definition) is 1. The van der Waals surface area contributed by atoms with E-state index in [9.17, 15) is 4.79 Å². The minimum Gasteiger partial charge on any atom is -0.369 e. The van der Waals surface area contributed by atoms with Crippen molar-refractivity contribution in [3.05, 3.63) is 35.9 Å². The van der Waals surface area contributed by atoms with Crippen LogP contribution in [0.5, 0.6) is 0 Å². The molecule has 1 atom stereocenters. The van der Waals surface area contributed by atoms with Gasteiger partial charge in [0.1, 0.15) is 0 Å². The highest BCUT2D eigenvalue weighted by atomic mass is 16.1. The lowest BCUT2D eigenvalue weighted by molar-refractivity contribution is -0.124. The summed E-state index contributed by atoms with van der Waals surface area (Å²) in [7, 11) is 0. The van der Waals surface area contributed by atoms with E-state index in [0.29, 0.717) is 0 Å². The normalized spacial score (nSPS) is 11.3. The zero-order chi connectivity index (χ0) is 15.5. The number of benzene rings is 1. The molecule has 0 heterocycles. The maximum atomic E-state index is 10.6. The predicted octanol–water partition coefficient (Wildman–Crippen LogP) is 4.43. The third-order valence-corrected chi connectivity index (χ3v) is 2.98. The third-order valence-electron chi connectivity index (χ3n) is 2.98. The standard InChI is InChI=1S/C8H10.C7H15NO.C2H6/c1-2-8-6-4-3-5-7-8;1-5(6(8)9)7(2,3)4;1-2/h3-7H,2H2,1H3;5H,1-4H3,(H2,8,9);1-2H3. The fourth-order valence-electron chi connectivity index (χ4n) is 1.14. The molecule has 2 N–H and O–H groups in total. The predicted molar refractivity (Wildman–Crippen MR) is 85.0 cm³/mol. The fourth-order valence-corrected chi connectivity index (χ4v) is 1.14. The van der Waals surface area contributed by atoms with E-state index in [2.05, 4.69) is 31.2 Å². The van der Waals surface area contributed by atoms with Crippen LogP contribution in [0.4, 0.5) is 0 Å². The van der Waals surface area contributed by atoms with Crippen LogP contribution in [0.1, 0.15) is 54.0 Å². The first-order valence-electron chi connectivity index (χ1n) is 7.12. The molecule has 2 nitrogen and oxygen atoms in total. The zero-order valence-electron chi connectivity index (χ0n) is 13.7. The first-order valence-corrected chi connectivity index (χ1v) is 7.12. The Labute approximate surface area is 119 Å². The molecule has 19 heavy (non-hydrogen) atoms. The van der Waals surface area contributed by atoms with Gasteiger partial charge in [-0.15, -0.1) is 0 Å². The summed E-state index contributed by atoms with van der Waals surface area (Å²) in [6, 6.07) is 10.5. The number of hydrogen-bond acceptors (Lipinski definition) is 1. The highest BCUT2D eigenvalue weighted by Gasteiger charge is 2.24. The van der Waals surface area contributed by atoms with E-state index in [0.717, 1.165) is 6.42 Å². The zero-order valence-corrected chi connectivity index (χ0v) is 13.7. The lowest BCUT2D eigenvalue weighted by atomic mass is 9.82. The van der Waals surface area contributed by atoms with Crippen LogP contribution in [0.3, 0.4) is 0 Å². The molecular formula is C17H31NO. The summed E-state index contributed by atoms with van der Waals surface area (Å²) in [5.41, 5.74) is 6.50. The molecule has 0 fully saturated rings. The van der Waals surface area contributed by atoms with Gasteiger partial charge >= 0.3 is 0 Å². The summed E-state index contributed by atoms with van der Waals surface area (Å²) in [6.45, 7) is 14.0. The number of carbonyl (C=O) groups is 1. The molecule has 0 bridgehead atoms. The van der Waals surface area contributed by atoms with Crippen molar-refractivity contribution >= 4 is 5.91 Å². The van der Waals surface area contributed by atoms with Crippen molar-refractivity contribution < 1.29 is 4.79 Å². The van der Waals surface area contributed by atoms with Crippen molar-refractivity contribution in [1.82, 2.24) is 0 Å². The van der Waals surface area contributed by atoms with Crippen molar-refractivity contribution in [2.75, 3.05) is 0 Å². The number of aryl methyl sites for hydroxylation is 1. The van der Waals surface area contributed by atoms with Crippen molar-refractivity contribution in [2.45, 2.75) is 54.9 Å². The van der Waals surface area contributed by atoms with Crippen LogP contribution in [0.2, 0.25) is 0 Å². The molecule has 1 rings (SSSR count). The molecule has 0 aliphatic carbocycles. The van der Waals surface area contributed by atoms with Gasteiger partial charge in [0.05, 0.1) is 0 Å². The summed E-state index contributed by atoms with van der Waals surface area (Å²) >= 11 is 0. The van der Waals surface area contributed by atoms with Gasteiger partial charge in [-0.25, -0.2) is 0 Å². The highest BCUT2D eigenvalue weighted by molar-refractivity contribution is 5.76. The Morgan fingerprint density at radius 1 is 1.16 bits per heavy atom. The van der Waals surface area contributed by atoms with Crippen LogP contribution in [0, 0.1) is 11.3 Å². The van der Waals surface area contributed by atoms with E-state index in [1.807, 2.05) is 47.6 Å². The second kappa shape index (κ2) is 10.6. The summed E-state index contributed by atoms with van der Waals surface area (Å²) in [4.78, 5) is 10.6.